The van der Waals surface area contributed by atoms with Crippen molar-refractivity contribution >= 4 is 0 Å². The zero-order chi connectivity index (χ0) is 4.28. The molecular formula is C4H11Zr+. The van der Waals surface area contributed by atoms with Crippen molar-refractivity contribution in [3.05, 3.63) is 0 Å². The van der Waals surface area contributed by atoms with E-state index in [9.17, 15) is 0 Å². The van der Waals surface area contributed by atoms with Crippen LogP contribution in [0, 0.1) is 0 Å². The molecule has 0 aromatic rings. The number of rotatable bonds is 1. The second kappa shape index (κ2) is 3.09. The van der Waals surface area contributed by atoms with E-state index in [-0.39, 0.29) is 0 Å². The summed E-state index contributed by atoms with van der Waals surface area (Å²) < 4.78 is 6.34. The molecule has 1 heteroatoms. The van der Waals surface area contributed by atoms with Gasteiger partial charge in [-0.2, -0.15) is 0 Å². The summed E-state index contributed by atoms with van der Waals surface area (Å²) in [5, 5.41) is 0. The summed E-state index contributed by atoms with van der Waals surface area (Å²) in [7, 11) is 0. The molecule has 0 rings (SSSR count). The molecule has 0 aliphatic carbocycles. The van der Waals surface area contributed by atoms with Gasteiger partial charge in [-0.05, 0) is 0 Å². The van der Waals surface area contributed by atoms with E-state index in [1.165, 1.54) is 4.13 Å². The maximum absolute atomic E-state index is 2.42. The van der Waals surface area contributed by atoms with Gasteiger partial charge in [-0.25, -0.2) is 0 Å². The van der Waals surface area contributed by atoms with Crippen LogP contribution in [0.5, 0.6) is 0 Å². The summed E-state index contributed by atoms with van der Waals surface area (Å²) in [6.45, 7) is 2.29. The van der Waals surface area contributed by atoms with Crippen LogP contribution in [0.4, 0.5) is 0 Å². The molecule has 0 spiro atoms. The van der Waals surface area contributed by atoms with Crippen LogP contribution in [-0.2, 0) is 21.8 Å². The molecule has 0 aliphatic rings. The van der Waals surface area contributed by atoms with Crippen LogP contribution in [0.15, 0.2) is 0 Å². The maximum atomic E-state index is 2.42. The summed E-state index contributed by atoms with van der Waals surface area (Å²) in [6, 6.07) is 0. The molecule has 0 aromatic heterocycles. The average Bonchev–Trinajstić information content (AvgIpc) is 1.38. The standard InChI is InChI=1S/C2H5.2CH3.Zr/c1-2;;;/h1H2,2H3;2*1H3;/q;;;+1. The van der Waals surface area contributed by atoms with Gasteiger partial charge in [0.1, 0.15) is 0 Å². The summed E-state index contributed by atoms with van der Waals surface area (Å²) in [6.07, 6.45) is 0. The molecule has 0 saturated heterocycles. The third-order valence-corrected chi connectivity index (χ3v) is 4.18. The van der Waals surface area contributed by atoms with Crippen LogP contribution in [0.1, 0.15) is 6.92 Å². The van der Waals surface area contributed by atoms with Gasteiger partial charge in [0.05, 0.1) is 0 Å². The quantitative estimate of drug-likeness (QED) is 0.537. The molecule has 0 amide bonds. The third-order valence-electron chi connectivity index (χ3n) is 0.707. The van der Waals surface area contributed by atoms with Crippen LogP contribution >= 0.6 is 0 Å². The topological polar surface area (TPSA) is 0 Å². The molecule has 0 aliphatic heterocycles. The Hall–Kier alpha value is 0.883. The first-order valence-corrected chi connectivity index (χ1v) is 8.71. The van der Waals surface area contributed by atoms with Crippen molar-refractivity contribution in [2.75, 3.05) is 0 Å². The zero-order valence-corrected chi connectivity index (χ0v) is 6.67. The summed E-state index contributed by atoms with van der Waals surface area (Å²) in [5.41, 5.74) is 0. The minimum absolute atomic E-state index is 0.580. The Labute approximate surface area is 42.3 Å². The molecule has 5 heavy (non-hydrogen) atoms. The molecule has 0 unspecified atom stereocenters. The first-order valence-electron chi connectivity index (χ1n) is 2.06. The van der Waals surface area contributed by atoms with Crippen molar-refractivity contribution in [1.29, 1.82) is 0 Å². The van der Waals surface area contributed by atoms with E-state index in [1.54, 1.807) is 0 Å². The Morgan fingerprint density at radius 2 is 1.60 bits per heavy atom. The van der Waals surface area contributed by atoms with Crippen molar-refractivity contribution in [2.24, 2.45) is 0 Å². The van der Waals surface area contributed by atoms with Crippen LogP contribution in [-0.4, -0.2) is 0 Å². The van der Waals surface area contributed by atoms with E-state index < -0.39 is 21.8 Å². The second-order valence-corrected chi connectivity index (χ2v) is 9.23. The van der Waals surface area contributed by atoms with Gasteiger partial charge in [-0.3, -0.25) is 0 Å². The fourth-order valence-corrected chi connectivity index (χ4v) is 0. The van der Waals surface area contributed by atoms with Crippen LogP contribution in [0.3, 0.4) is 0 Å². The summed E-state index contributed by atoms with van der Waals surface area (Å²) in [4.78, 5) is 0. The van der Waals surface area contributed by atoms with Crippen molar-refractivity contribution in [3.63, 3.8) is 0 Å². The molecule has 30 valence electrons. The zero-order valence-electron chi connectivity index (χ0n) is 4.21. The molecule has 0 N–H and O–H groups in total. The molecular weight excluding hydrogens is 139 g/mol. The van der Waals surface area contributed by atoms with Crippen molar-refractivity contribution in [3.8, 4) is 0 Å². The van der Waals surface area contributed by atoms with Crippen molar-refractivity contribution in [2.45, 2.75) is 20.3 Å². The van der Waals surface area contributed by atoms with E-state index >= 15 is 0 Å². The van der Waals surface area contributed by atoms with Gasteiger partial charge >= 0.3 is 42.1 Å². The Bertz CT molecular complexity index is 17.6. The van der Waals surface area contributed by atoms with Crippen molar-refractivity contribution in [1.82, 2.24) is 0 Å². The van der Waals surface area contributed by atoms with E-state index in [0.717, 1.165) is 0 Å². The predicted octanol–water partition coefficient (Wildman–Crippen LogP) is 2.14. The minimum atomic E-state index is -0.580. The molecule has 0 fully saturated rings. The number of hydrogen-bond donors (Lipinski definition) is 0. The van der Waals surface area contributed by atoms with E-state index in [2.05, 4.69) is 16.2 Å². The van der Waals surface area contributed by atoms with Crippen LogP contribution < -0.4 is 0 Å². The van der Waals surface area contributed by atoms with E-state index in [4.69, 9.17) is 0 Å². The SMILES string of the molecule is C[CH2][Zr+]([CH3])[CH3]. The molecule has 0 nitrogen and oxygen atoms in total. The van der Waals surface area contributed by atoms with E-state index in [1.807, 2.05) is 0 Å². The van der Waals surface area contributed by atoms with Gasteiger partial charge in [-0.1, -0.05) is 0 Å². The average molecular weight is 150 g/mol. The van der Waals surface area contributed by atoms with Gasteiger partial charge in [-0.15, -0.1) is 0 Å². The normalized spacial score (nSPS) is 7.80. The molecule has 0 bridgehead atoms. The fourth-order valence-electron chi connectivity index (χ4n) is 0. The van der Waals surface area contributed by atoms with Gasteiger partial charge < -0.3 is 0 Å². The monoisotopic (exact) mass is 149 g/mol. The van der Waals surface area contributed by atoms with Gasteiger partial charge in [0.25, 0.3) is 0 Å². The van der Waals surface area contributed by atoms with Gasteiger partial charge in [0.2, 0.25) is 0 Å². The van der Waals surface area contributed by atoms with Crippen LogP contribution in [0.2, 0.25) is 13.4 Å². The summed E-state index contributed by atoms with van der Waals surface area (Å²) in [5.74, 6) is 0. The predicted molar refractivity (Wildman–Crippen MR) is 22.2 cm³/mol. The number of hydrogen-bond acceptors (Lipinski definition) is 0. The van der Waals surface area contributed by atoms with Crippen molar-refractivity contribution < 1.29 is 21.8 Å². The molecule has 0 atom stereocenters. The van der Waals surface area contributed by atoms with Crippen LogP contribution in [0.25, 0.3) is 0 Å². The van der Waals surface area contributed by atoms with Gasteiger partial charge in [0.15, 0.2) is 0 Å². The molecule has 0 radical (unpaired) electrons. The van der Waals surface area contributed by atoms with E-state index in [0.29, 0.717) is 0 Å². The third kappa shape index (κ3) is 4.88. The Morgan fingerprint density at radius 3 is 1.60 bits per heavy atom. The fraction of sp³-hybridized carbons (Fsp3) is 1.00. The first-order chi connectivity index (χ1) is 2.27. The Kier molecular flexibility index (Phi) is 3.63. The molecule has 0 heterocycles. The molecule has 0 aromatic carbocycles. The Morgan fingerprint density at radius 1 is 1.40 bits per heavy atom. The second-order valence-electron chi connectivity index (χ2n) is 1.56. The molecule has 0 saturated carbocycles. The summed E-state index contributed by atoms with van der Waals surface area (Å²) >= 11 is -0.580. The first kappa shape index (κ1) is 5.88. The Balaban J connectivity index is 2.54. The van der Waals surface area contributed by atoms with Gasteiger partial charge in [0, 0.05) is 0 Å².